The van der Waals surface area contributed by atoms with E-state index in [0.717, 1.165) is 16.8 Å². The Morgan fingerprint density at radius 2 is 1.90 bits per heavy atom. The number of fused-ring (bicyclic) bond motifs is 1. The summed E-state index contributed by atoms with van der Waals surface area (Å²) in [5.74, 6) is 0.874. The highest BCUT2D eigenvalue weighted by Crippen LogP contribution is 2.37. The molecule has 0 saturated heterocycles. The number of amidine groups is 2. The molecule has 0 saturated carbocycles. The van der Waals surface area contributed by atoms with Crippen LogP contribution in [-0.4, -0.2) is 35.0 Å². The molecule has 0 unspecified atom stereocenters. The van der Waals surface area contributed by atoms with E-state index in [1.807, 2.05) is 55.7 Å². The molecule has 4 rings (SSSR count). The van der Waals surface area contributed by atoms with Gasteiger partial charge in [0.1, 0.15) is 5.84 Å². The number of benzene rings is 2. The zero-order valence-corrected chi connectivity index (χ0v) is 17.7. The largest absolute Gasteiger partial charge is 0.493 e. The second-order valence-corrected chi connectivity index (χ2v) is 7.84. The normalized spacial score (nSPS) is 17.2. The molecule has 0 radical (unpaired) electrons. The van der Waals surface area contributed by atoms with Crippen LogP contribution in [0.2, 0.25) is 0 Å². The Morgan fingerprint density at radius 3 is 2.60 bits per heavy atom. The maximum absolute atomic E-state index is 12.6. The van der Waals surface area contributed by atoms with Gasteiger partial charge in [-0.15, -0.1) is 0 Å². The minimum Gasteiger partial charge on any atom is -0.493 e. The molecule has 0 spiro atoms. The van der Waals surface area contributed by atoms with Crippen LogP contribution in [0.25, 0.3) is 11.8 Å². The van der Waals surface area contributed by atoms with E-state index < -0.39 is 5.91 Å². The molecule has 0 bridgehead atoms. The van der Waals surface area contributed by atoms with Gasteiger partial charge in [-0.05, 0) is 43.2 Å². The second-order valence-electron chi connectivity index (χ2n) is 7.01. The molecule has 2 heterocycles. The molecular weight excluding hydrogens is 398 g/mol. The summed E-state index contributed by atoms with van der Waals surface area (Å²) in [6.07, 6.45) is 1.68. The van der Waals surface area contributed by atoms with Gasteiger partial charge in [0.05, 0.1) is 24.5 Å². The number of rotatable bonds is 5. The van der Waals surface area contributed by atoms with Crippen molar-refractivity contribution in [2.24, 2.45) is 4.99 Å². The average molecular weight is 420 g/mol. The smallest absolute Gasteiger partial charge is 0.283 e. The highest BCUT2D eigenvalue weighted by molar-refractivity contribution is 8.17. The quantitative estimate of drug-likeness (QED) is 0.706. The number of aliphatic imine (C=N–C) groups is 1. The number of carbonyl (C=O) groups excluding carboxylic acids is 1. The molecule has 2 aromatic rings. The summed E-state index contributed by atoms with van der Waals surface area (Å²) in [4.78, 5) is 18.6. The van der Waals surface area contributed by atoms with Crippen molar-refractivity contribution < 1.29 is 14.3 Å². The summed E-state index contributed by atoms with van der Waals surface area (Å²) in [5.41, 5.74) is 2.75. The fourth-order valence-corrected chi connectivity index (χ4v) is 4.10. The molecule has 0 atom stereocenters. The summed E-state index contributed by atoms with van der Waals surface area (Å²) >= 11 is 1.35. The Labute approximate surface area is 179 Å². The zero-order chi connectivity index (χ0) is 21.3. The zero-order valence-electron chi connectivity index (χ0n) is 16.9. The van der Waals surface area contributed by atoms with Crippen LogP contribution in [0.5, 0.6) is 11.5 Å². The van der Waals surface area contributed by atoms with Crippen LogP contribution in [0.4, 0.5) is 0 Å². The van der Waals surface area contributed by atoms with Gasteiger partial charge < -0.3 is 9.47 Å². The van der Waals surface area contributed by atoms with Gasteiger partial charge in [-0.1, -0.05) is 48.2 Å². The summed E-state index contributed by atoms with van der Waals surface area (Å²) in [5, 5.41) is 11.1. The lowest BCUT2D eigenvalue weighted by atomic mass is 10.1. The lowest BCUT2D eigenvalue weighted by Gasteiger charge is -2.27. The molecule has 0 aromatic heterocycles. The Bertz CT molecular complexity index is 1100. The van der Waals surface area contributed by atoms with Crippen molar-refractivity contribution >= 4 is 40.4 Å². The fraction of sp³-hybridized carbons (Fsp3) is 0.174. The summed E-state index contributed by atoms with van der Waals surface area (Å²) in [7, 11) is 1.57. The predicted octanol–water partition coefficient (Wildman–Crippen LogP) is 4.79. The monoisotopic (exact) mass is 419 g/mol. The molecule has 2 aromatic carbocycles. The van der Waals surface area contributed by atoms with Crippen molar-refractivity contribution in [1.82, 2.24) is 4.90 Å². The van der Waals surface area contributed by atoms with E-state index in [-0.39, 0.29) is 17.5 Å². The van der Waals surface area contributed by atoms with Crippen LogP contribution in [0, 0.1) is 5.41 Å². The number of amides is 1. The number of hydrogen-bond acceptors (Lipinski definition) is 5. The van der Waals surface area contributed by atoms with Crippen LogP contribution in [0.3, 0.4) is 0 Å². The third kappa shape index (κ3) is 3.76. The number of nitrogens with one attached hydrogen (secondary N) is 1. The molecule has 7 heteroatoms. The van der Waals surface area contributed by atoms with Crippen LogP contribution < -0.4 is 9.47 Å². The first-order valence-corrected chi connectivity index (χ1v) is 10.4. The second kappa shape index (κ2) is 8.20. The minimum atomic E-state index is -0.428. The van der Waals surface area contributed by atoms with Gasteiger partial charge in [-0.2, -0.15) is 4.99 Å². The first-order valence-electron chi connectivity index (χ1n) is 9.48. The summed E-state index contributed by atoms with van der Waals surface area (Å²) in [6, 6.07) is 15.2. The number of ether oxygens (including phenoxy) is 2. The number of thioether (sulfide) groups is 1. The maximum Gasteiger partial charge on any atom is 0.283 e. The van der Waals surface area contributed by atoms with Crippen molar-refractivity contribution in [2.45, 2.75) is 20.0 Å². The Kier molecular flexibility index (Phi) is 5.46. The standard InChI is InChI=1S/C23H21N3O3S/c1-14(2)29-19-10-9-15(12-20(19)28-3)11-17-21(24)26-18(16-7-5-4-6-8-16)13-30-23(26)25-22(17)27/h4-14,24H,1-3H3. The number of carbonyl (C=O) groups is 1. The SMILES string of the molecule is COc1cc(C=C2C(=N)N3C(c4ccccc4)=CSC3=NC2=O)ccc1OC(C)C. The molecule has 6 nitrogen and oxygen atoms in total. The maximum atomic E-state index is 12.6. The molecule has 0 aliphatic carbocycles. The van der Waals surface area contributed by atoms with Gasteiger partial charge in [-0.25, -0.2) is 0 Å². The average Bonchev–Trinajstić information content (AvgIpc) is 3.16. The van der Waals surface area contributed by atoms with Gasteiger partial charge >= 0.3 is 0 Å². The minimum absolute atomic E-state index is 0.0137. The number of nitrogens with zero attached hydrogens (tertiary/aromatic N) is 2. The van der Waals surface area contributed by atoms with E-state index in [1.54, 1.807) is 30.2 Å². The van der Waals surface area contributed by atoms with Gasteiger partial charge in [0.25, 0.3) is 5.91 Å². The molecule has 0 fully saturated rings. The molecule has 30 heavy (non-hydrogen) atoms. The molecule has 1 amide bonds. The first kappa shape index (κ1) is 20.0. The van der Waals surface area contributed by atoms with Crippen LogP contribution in [0.1, 0.15) is 25.0 Å². The van der Waals surface area contributed by atoms with Crippen LogP contribution in [0.15, 0.2) is 64.5 Å². The molecule has 2 aliphatic heterocycles. The number of hydrogen-bond donors (Lipinski definition) is 1. The lowest BCUT2D eigenvalue weighted by molar-refractivity contribution is -0.114. The van der Waals surface area contributed by atoms with E-state index in [2.05, 4.69) is 4.99 Å². The predicted molar refractivity (Wildman–Crippen MR) is 121 cm³/mol. The molecular formula is C23H21N3O3S. The van der Waals surface area contributed by atoms with E-state index in [9.17, 15) is 4.79 Å². The molecule has 1 N–H and O–H groups in total. The lowest BCUT2D eigenvalue weighted by Crippen LogP contribution is -2.38. The highest BCUT2D eigenvalue weighted by atomic mass is 32.2. The molecule has 152 valence electrons. The topological polar surface area (TPSA) is 75.0 Å². The number of methoxy groups -OCH3 is 1. The van der Waals surface area contributed by atoms with Crippen molar-refractivity contribution in [3.8, 4) is 11.5 Å². The van der Waals surface area contributed by atoms with Crippen LogP contribution >= 0.6 is 11.8 Å². The van der Waals surface area contributed by atoms with Gasteiger partial charge in [0.2, 0.25) is 0 Å². The van der Waals surface area contributed by atoms with E-state index >= 15 is 0 Å². The third-order valence-electron chi connectivity index (χ3n) is 4.55. The first-order chi connectivity index (χ1) is 14.5. The fourth-order valence-electron chi connectivity index (χ4n) is 3.21. The van der Waals surface area contributed by atoms with Gasteiger partial charge in [-0.3, -0.25) is 15.1 Å². The third-order valence-corrected chi connectivity index (χ3v) is 5.37. The van der Waals surface area contributed by atoms with Gasteiger partial charge in [0, 0.05) is 5.41 Å². The van der Waals surface area contributed by atoms with Gasteiger partial charge in [0.15, 0.2) is 16.7 Å². The van der Waals surface area contributed by atoms with E-state index in [4.69, 9.17) is 14.9 Å². The Hall–Kier alpha value is -3.32. The highest BCUT2D eigenvalue weighted by Gasteiger charge is 2.36. The van der Waals surface area contributed by atoms with Crippen molar-refractivity contribution in [2.75, 3.05) is 7.11 Å². The summed E-state index contributed by atoms with van der Waals surface area (Å²) < 4.78 is 11.2. The van der Waals surface area contributed by atoms with E-state index in [1.165, 1.54) is 11.8 Å². The van der Waals surface area contributed by atoms with Crippen molar-refractivity contribution in [1.29, 1.82) is 5.41 Å². The summed E-state index contributed by atoms with van der Waals surface area (Å²) in [6.45, 7) is 3.89. The van der Waals surface area contributed by atoms with Crippen molar-refractivity contribution in [3.63, 3.8) is 0 Å². The Balaban J connectivity index is 1.69. The van der Waals surface area contributed by atoms with E-state index in [0.29, 0.717) is 16.7 Å². The molecule has 2 aliphatic rings. The Morgan fingerprint density at radius 1 is 1.13 bits per heavy atom. The van der Waals surface area contributed by atoms with Crippen molar-refractivity contribution in [3.05, 3.63) is 70.6 Å². The van der Waals surface area contributed by atoms with Crippen LogP contribution in [-0.2, 0) is 4.79 Å².